The Labute approximate surface area is 147 Å². The molecule has 24 heavy (non-hydrogen) atoms. The van der Waals surface area contributed by atoms with Gasteiger partial charge < -0.3 is 15.5 Å². The minimum absolute atomic E-state index is 0.0563. The van der Waals surface area contributed by atoms with Crippen LogP contribution >= 0.6 is 11.6 Å². The van der Waals surface area contributed by atoms with E-state index in [2.05, 4.69) is 34.6 Å². The summed E-state index contributed by atoms with van der Waals surface area (Å²) in [5.74, 6) is -0.0563. The quantitative estimate of drug-likeness (QED) is 0.899. The van der Waals surface area contributed by atoms with E-state index in [-0.39, 0.29) is 11.9 Å². The SMILES string of the molecule is CNC(=O)c1ccc(N2CCNC[C@H]2c2ccc(Cl)cc2)c(C)c1. The van der Waals surface area contributed by atoms with Crippen LogP contribution < -0.4 is 15.5 Å². The minimum Gasteiger partial charge on any atom is -0.362 e. The number of benzene rings is 2. The predicted octanol–water partition coefficient (Wildman–Crippen LogP) is 3.16. The Morgan fingerprint density at radius 2 is 2.00 bits per heavy atom. The van der Waals surface area contributed by atoms with Gasteiger partial charge in [0.25, 0.3) is 5.91 Å². The Bertz CT molecular complexity index is 730. The first-order valence-electron chi connectivity index (χ1n) is 8.15. The number of nitrogens with zero attached hydrogens (tertiary/aromatic N) is 1. The molecule has 0 radical (unpaired) electrons. The lowest BCUT2D eigenvalue weighted by atomic mass is 10.00. The van der Waals surface area contributed by atoms with Crippen LogP contribution in [0.3, 0.4) is 0 Å². The molecule has 1 saturated heterocycles. The van der Waals surface area contributed by atoms with E-state index in [1.807, 2.05) is 30.3 Å². The molecule has 2 N–H and O–H groups in total. The first-order valence-corrected chi connectivity index (χ1v) is 8.53. The molecule has 0 spiro atoms. The highest BCUT2D eigenvalue weighted by atomic mass is 35.5. The molecular formula is C19H22ClN3O. The van der Waals surface area contributed by atoms with Gasteiger partial charge in [0, 0.05) is 43.0 Å². The number of piperazine rings is 1. The van der Waals surface area contributed by atoms with Crippen molar-refractivity contribution in [1.82, 2.24) is 10.6 Å². The van der Waals surface area contributed by atoms with Crippen LogP contribution in [0.25, 0.3) is 0 Å². The lowest BCUT2D eigenvalue weighted by Gasteiger charge is -2.39. The van der Waals surface area contributed by atoms with E-state index in [9.17, 15) is 4.79 Å². The average molecular weight is 344 g/mol. The van der Waals surface area contributed by atoms with Crippen LogP contribution in [0.1, 0.15) is 27.5 Å². The van der Waals surface area contributed by atoms with Gasteiger partial charge in [0.15, 0.2) is 0 Å². The average Bonchev–Trinajstić information content (AvgIpc) is 2.62. The molecule has 1 aliphatic rings. The third-order valence-corrected chi connectivity index (χ3v) is 4.75. The second-order valence-electron chi connectivity index (χ2n) is 6.05. The highest BCUT2D eigenvalue weighted by Crippen LogP contribution is 2.31. The maximum absolute atomic E-state index is 11.8. The highest BCUT2D eigenvalue weighted by Gasteiger charge is 2.25. The summed E-state index contributed by atoms with van der Waals surface area (Å²) in [5.41, 5.74) is 4.21. The predicted molar refractivity (Wildman–Crippen MR) is 99.0 cm³/mol. The van der Waals surface area contributed by atoms with Gasteiger partial charge in [-0.25, -0.2) is 0 Å². The van der Waals surface area contributed by atoms with Gasteiger partial charge in [0.05, 0.1) is 6.04 Å². The van der Waals surface area contributed by atoms with Crippen LogP contribution in [0.5, 0.6) is 0 Å². The fraction of sp³-hybridized carbons (Fsp3) is 0.316. The van der Waals surface area contributed by atoms with Gasteiger partial charge in [0.2, 0.25) is 0 Å². The number of nitrogens with one attached hydrogen (secondary N) is 2. The van der Waals surface area contributed by atoms with Crippen molar-refractivity contribution < 1.29 is 4.79 Å². The molecule has 1 aliphatic heterocycles. The number of carbonyl (C=O) groups is 1. The highest BCUT2D eigenvalue weighted by molar-refractivity contribution is 6.30. The van der Waals surface area contributed by atoms with Crippen LogP contribution in [0, 0.1) is 6.92 Å². The standard InChI is InChI=1S/C19H22ClN3O/c1-13-11-15(19(24)21-2)5-8-17(13)23-10-9-22-12-18(23)14-3-6-16(20)7-4-14/h3-8,11,18,22H,9-10,12H2,1-2H3,(H,21,24)/t18-/m0/s1. The Balaban J connectivity index is 1.93. The molecule has 4 nitrogen and oxygen atoms in total. The van der Waals surface area contributed by atoms with Gasteiger partial charge in [-0.1, -0.05) is 23.7 Å². The number of aryl methyl sites for hydroxylation is 1. The van der Waals surface area contributed by atoms with Crippen molar-refractivity contribution >= 4 is 23.2 Å². The molecule has 1 atom stereocenters. The molecule has 0 saturated carbocycles. The van der Waals surface area contributed by atoms with Crippen LogP contribution in [-0.2, 0) is 0 Å². The van der Waals surface area contributed by atoms with Gasteiger partial charge in [0.1, 0.15) is 0 Å². The van der Waals surface area contributed by atoms with Crippen molar-refractivity contribution in [3.8, 4) is 0 Å². The molecule has 2 aromatic rings. The number of rotatable bonds is 3. The zero-order valence-electron chi connectivity index (χ0n) is 14.0. The Hall–Kier alpha value is -2.04. The lowest BCUT2D eigenvalue weighted by molar-refractivity contribution is 0.0963. The number of hydrogen-bond acceptors (Lipinski definition) is 3. The third-order valence-electron chi connectivity index (χ3n) is 4.49. The van der Waals surface area contributed by atoms with E-state index in [4.69, 9.17) is 11.6 Å². The molecule has 0 bridgehead atoms. The fourth-order valence-electron chi connectivity index (χ4n) is 3.24. The number of hydrogen-bond donors (Lipinski definition) is 2. The van der Waals surface area contributed by atoms with Crippen LogP contribution in [0.2, 0.25) is 5.02 Å². The minimum atomic E-state index is -0.0563. The van der Waals surface area contributed by atoms with E-state index in [1.54, 1.807) is 7.05 Å². The fourth-order valence-corrected chi connectivity index (χ4v) is 3.36. The van der Waals surface area contributed by atoms with Crippen molar-refractivity contribution in [3.63, 3.8) is 0 Å². The van der Waals surface area contributed by atoms with E-state index in [0.717, 1.165) is 30.2 Å². The smallest absolute Gasteiger partial charge is 0.251 e. The number of halogens is 1. The molecular weight excluding hydrogens is 322 g/mol. The maximum atomic E-state index is 11.8. The van der Waals surface area contributed by atoms with Crippen LogP contribution in [0.15, 0.2) is 42.5 Å². The topological polar surface area (TPSA) is 44.4 Å². The van der Waals surface area contributed by atoms with E-state index < -0.39 is 0 Å². The first-order chi connectivity index (χ1) is 11.6. The van der Waals surface area contributed by atoms with E-state index >= 15 is 0 Å². The zero-order valence-corrected chi connectivity index (χ0v) is 14.7. The molecule has 5 heteroatoms. The summed E-state index contributed by atoms with van der Waals surface area (Å²) in [6, 6.07) is 14.2. The Morgan fingerprint density at radius 1 is 1.25 bits per heavy atom. The van der Waals surface area contributed by atoms with Gasteiger partial charge in [-0.15, -0.1) is 0 Å². The summed E-state index contributed by atoms with van der Waals surface area (Å²) in [7, 11) is 1.65. The first kappa shape index (κ1) is 16.8. The molecule has 0 unspecified atom stereocenters. The van der Waals surface area contributed by atoms with Crippen molar-refractivity contribution in [2.24, 2.45) is 0 Å². The summed E-state index contributed by atoms with van der Waals surface area (Å²) in [5, 5.41) is 6.89. The zero-order chi connectivity index (χ0) is 17.1. The summed E-state index contributed by atoms with van der Waals surface area (Å²) < 4.78 is 0. The van der Waals surface area contributed by atoms with Gasteiger partial charge in [-0.3, -0.25) is 4.79 Å². The monoisotopic (exact) mass is 343 g/mol. The van der Waals surface area contributed by atoms with E-state index in [0.29, 0.717) is 5.56 Å². The van der Waals surface area contributed by atoms with Crippen molar-refractivity contribution in [2.75, 3.05) is 31.6 Å². The Kier molecular flexibility index (Phi) is 5.07. The summed E-state index contributed by atoms with van der Waals surface area (Å²) >= 11 is 6.02. The van der Waals surface area contributed by atoms with Gasteiger partial charge in [-0.05, 0) is 48.4 Å². The van der Waals surface area contributed by atoms with Gasteiger partial charge in [-0.2, -0.15) is 0 Å². The molecule has 0 aliphatic carbocycles. The van der Waals surface area contributed by atoms with Crippen LogP contribution in [0.4, 0.5) is 5.69 Å². The van der Waals surface area contributed by atoms with Crippen LogP contribution in [-0.4, -0.2) is 32.6 Å². The maximum Gasteiger partial charge on any atom is 0.251 e. The largest absolute Gasteiger partial charge is 0.362 e. The molecule has 2 aromatic carbocycles. The van der Waals surface area contributed by atoms with E-state index in [1.165, 1.54) is 11.3 Å². The molecule has 1 fully saturated rings. The summed E-state index contributed by atoms with van der Waals surface area (Å²) in [6.07, 6.45) is 0. The van der Waals surface area contributed by atoms with Crippen molar-refractivity contribution in [1.29, 1.82) is 0 Å². The molecule has 1 amide bonds. The number of amides is 1. The molecule has 1 heterocycles. The lowest BCUT2D eigenvalue weighted by Crippen LogP contribution is -2.46. The normalized spacial score (nSPS) is 17.6. The van der Waals surface area contributed by atoms with Gasteiger partial charge >= 0.3 is 0 Å². The Morgan fingerprint density at radius 3 is 2.67 bits per heavy atom. The van der Waals surface area contributed by atoms with Crippen molar-refractivity contribution in [3.05, 3.63) is 64.2 Å². The summed E-state index contributed by atoms with van der Waals surface area (Å²) in [6.45, 7) is 4.81. The third kappa shape index (κ3) is 3.40. The van der Waals surface area contributed by atoms with Crippen molar-refractivity contribution in [2.45, 2.75) is 13.0 Å². The summed E-state index contributed by atoms with van der Waals surface area (Å²) in [4.78, 5) is 14.2. The second kappa shape index (κ2) is 7.24. The number of carbonyl (C=O) groups excluding carboxylic acids is 1. The molecule has 126 valence electrons. The molecule has 3 rings (SSSR count). The molecule has 0 aromatic heterocycles. The second-order valence-corrected chi connectivity index (χ2v) is 6.48. The number of anilines is 1.